The molecule has 2 aliphatic heterocycles. The second kappa shape index (κ2) is 6.57. The zero-order valence-electron chi connectivity index (χ0n) is 14.0. The summed E-state index contributed by atoms with van der Waals surface area (Å²) in [4.78, 5) is 14.4. The SMILES string of the molecule is Cc1ccc(NC(=S)N2C[C@@H]3C[C@@H](C2)c2cccc(=O)n2C3)c(Br)c1. The Hall–Kier alpha value is -1.66. The number of likely N-dealkylation sites (tertiary alicyclic amines) is 1. The van der Waals surface area contributed by atoms with E-state index in [2.05, 4.69) is 51.3 Å². The van der Waals surface area contributed by atoms with E-state index in [1.807, 2.05) is 16.7 Å². The van der Waals surface area contributed by atoms with Crippen molar-refractivity contribution in [1.82, 2.24) is 9.47 Å². The molecule has 130 valence electrons. The van der Waals surface area contributed by atoms with E-state index in [0.29, 0.717) is 11.8 Å². The molecular formula is C19H20BrN3OS. The van der Waals surface area contributed by atoms with Crippen LogP contribution >= 0.6 is 28.1 Å². The van der Waals surface area contributed by atoms with Gasteiger partial charge in [0, 0.05) is 41.8 Å². The van der Waals surface area contributed by atoms with Gasteiger partial charge in [-0.3, -0.25) is 4.79 Å². The van der Waals surface area contributed by atoms with Crippen LogP contribution in [0.15, 0.2) is 45.7 Å². The smallest absolute Gasteiger partial charge is 0.250 e. The second-order valence-electron chi connectivity index (χ2n) is 7.02. The van der Waals surface area contributed by atoms with Crippen molar-refractivity contribution in [1.29, 1.82) is 0 Å². The van der Waals surface area contributed by atoms with Gasteiger partial charge in [-0.2, -0.15) is 0 Å². The minimum atomic E-state index is 0.116. The topological polar surface area (TPSA) is 37.3 Å². The summed E-state index contributed by atoms with van der Waals surface area (Å²) < 4.78 is 2.97. The zero-order valence-corrected chi connectivity index (χ0v) is 16.4. The Bertz CT molecular complexity index is 894. The molecule has 0 unspecified atom stereocenters. The number of pyridine rings is 1. The Labute approximate surface area is 161 Å². The van der Waals surface area contributed by atoms with Crippen LogP contribution in [0.3, 0.4) is 0 Å². The number of nitrogens with zero attached hydrogens (tertiary/aromatic N) is 2. The Kier molecular flexibility index (Phi) is 4.41. The van der Waals surface area contributed by atoms with Crippen LogP contribution in [0.1, 0.15) is 23.6 Å². The molecule has 1 aromatic carbocycles. The molecular weight excluding hydrogens is 398 g/mol. The quantitative estimate of drug-likeness (QED) is 0.717. The first-order valence-corrected chi connectivity index (χ1v) is 9.73. The number of benzene rings is 1. The number of nitrogens with one attached hydrogen (secondary N) is 1. The maximum atomic E-state index is 12.1. The lowest BCUT2D eigenvalue weighted by Gasteiger charge is -2.43. The van der Waals surface area contributed by atoms with Crippen molar-refractivity contribution in [2.24, 2.45) is 5.92 Å². The van der Waals surface area contributed by atoms with Crippen molar-refractivity contribution >= 4 is 38.9 Å². The molecule has 2 aliphatic rings. The van der Waals surface area contributed by atoms with Crippen LogP contribution in [0, 0.1) is 12.8 Å². The van der Waals surface area contributed by atoms with E-state index >= 15 is 0 Å². The van der Waals surface area contributed by atoms with E-state index < -0.39 is 0 Å². The molecule has 2 bridgehead atoms. The number of aromatic nitrogens is 1. The molecule has 6 heteroatoms. The molecule has 1 fully saturated rings. The van der Waals surface area contributed by atoms with Gasteiger partial charge < -0.3 is 14.8 Å². The third kappa shape index (κ3) is 3.25. The first kappa shape index (κ1) is 16.8. The van der Waals surface area contributed by atoms with E-state index in [1.165, 1.54) is 5.56 Å². The van der Waals surface area contributed by atoms with Crippen LogP contribution in [0.25, 0.3) is 0 Å². The number of hydrogen-bond acceptors (Lipinski definition) is 2. The molecule has 2 aromatic rings. The molecule has 1 saturated heterocycles. The average molecular weight is 418 g/mol. The zero-order chi connectivity index (χ0) is 17.6. The van der Waals surface area contributed by atoms with Crippen LogP contribution in [-0.4, -0.2) is 27.7 Å². The van der Waals surface area contributed by atoms with E-state index in [0.717, 1.165) is 47.0 Å². The Morgan fingerprint density at radius 2 is 2.08 bits per heavy atom. The van der Waals surface area contributed by atoms with Crippen LogP contribution < -0.4 is 10.9 Å². The predicted molar refractivity (Wildman–Crippen MR) is 108 cm³/mol. The fourth-order valence-corrected chi connectivity index (χ4v) is 4.83. The van der Waals surface area contributed by atoms with Crippen molar-refractivity contribution in [2.45, 2.75) is 25.8 Å². The molecule has 4 nitrogen and oxygen atoms in total. The summed E-state index contributed by atoms with van der Waals surface area (Å²) in [6.45, 7) is 4.61. The molecule has 0 saturated carbocycles. The van der Waals surface area contributed by atoms with Gasteiger partial charge in [-0.15, -0.1) is 0 Å². The number of halogens is 1. The average Bonchev–Trinajstić information content (AvgIpc) is 2.58. The van der Waals surface area contributed by atoms with Crippen molar-refractivity contribution in [3.05, 3.63) is 62.5 Å². The summed E-state index contributed by atoms with van der Waals surface area (Å²) in [5, 5.41) is 4.13. The fraction of sp³-hybridized carbons (Fsp3) is 0.368. The lowest BCUT2D eigenvalue weighted by atomic mass is 9.83. The van der Waals surface area contributed by atoms with Crippen LogP contribution in [0.4, 0.5) is 5.69 Å². The minimum Gasteiger partial charge on any atom is -0.348 e. The maximum absolute atomic E-state index is 12.1. The summed E-state index contributed by atoms with van der Waals surface area (Å²) >= 11 is 9.28. The van der Waals surface area contributed by atoms with E-state index in [9.17, 15) is 4.79 Å². The second-order valence-corrected chi connectivity index (χ2v) is 8.26. The van der Waals surface area contributed by atoms with Gasteiger partial charge >= 0.3 is 0 Å². The molecule has 0 radical (unpaired) electrons. The highest BCUT2D eigenvalue weighted by molar-refractivity contribution is 9.10. The highest BCUT2D eigenvalue weighted by atomic mass is 79.9. The lowest BCUT2D eigenvalue weighted by Crippen LogP contribution is -2.50. The third-order valence-corrected chi connectivity index (χ3v) is 6.15. The van der Waals surface area contributed by atoms with Crippen LogP contribution in [0.5, 0.6) is 0 Å². The lowest BCUT2D eigenvalue weighted by molar-refractivity contribution is 0.180. The Morgan fingerprint density at radius 1 is 1.24 bits per heavy atom. The van der Waals surface area contributed by atoms with Gasteiger partial charge in [-0.1, -0.05) is 12.1 Å². The summed E-state index contributed by atoms with van der Waals surface area (Å²) in [6.07, 6.45) is 1.14. The van der Waals surface area contributed by atoms with Gasteiger partial charge in [0.25, 0.3) is 5.56 Å². The van der Waals surface area contributed by atoms with Gasteiger partial charge in [-0.25, -0.2) is 0 Å². The number of piperidine rings is 1. The molecule has 0 aliphatic carbocycles. The fourth-order valence-electron chi connectivity index (χ4n) is 3.98. The number of anilines is 1. The first-order chi connectivity index (χ1) is 12.0. The molecule has 2 atom stereocenters. The minimum absolute atomic E-state index is 0.116. The molecule has 0 amide bonds. The van der Waals surface area contributed by atoms with Crippen molar-refractivity contribution in [3.8, 4) is 0 Å². The van der Waals surface area contributed by atoms with Gasteiger partial charge in [0.05, 0.1) is 5.69 Å². The van der Waals surface area contributed by atoms with Crippen LogP contribution in [0.2, 0.25) is 0 Å². The van der Waals surface area contributed by atoms with Gasteiger partial charge in [0.1, 0.15) is 0 Å². The number of aryl methyl sites for hydroxylation is 1. The highest BCUT2D eigenvalue weighted by Crippen LogP contribution is 2.35. The summed E-state index contributed by atoms with van der Waals surface area (Å²) in [7, 11) is 0. The number of fused-ring (bicyclic) bond motifs is 4. The standard InChI is InChI=1S/C19H20BrN3OS/c1-12-5-6-16(15(20)7-12)21-19(25)22-9-13-8-14(11-22)17-3-2-4-18(24)23(17)10-13/h2-7,13-14H,8-11H2,1H3,(H,21,25)/t13-,14-/m0/s1. The van der Waals surface area contributed by atoms with Crippen molar-refractivity contribution in [3.63, 3.8) is 0 Å². The first-order valence-electron chi connectivity index (χ1n) is 8.53. The van der Waals surface area contributed by atoms with Gasteiger partial charge in [-0.05, 0) is 71.2 Å². The molecule has 1 N–H and O–H groups in total. The van der Waals surface area contributed by atoms with E-state index in [4.69, 9.17) is 12.2 Å². The van der Waals surface area contributed by atoms with E-state index in [1.54, 1.807) is 6.07 Å². The maximum Gasteiger partial charge on any atom is 0.250 e. The number of hydrogen-bond donors (Lipinski definition) is 1. The van der Waals surface area contributed by atoms with Crippen LogP contribution in [-0.2, 0) is 6.54 Å². The largest absolute Gasteiger partial charge is 0.348 e. The highest BCUT2D eigenvalue weighted by Gasteiger charge is 2.35. The predicted octanol–water partition coefficient (Wildman–Crippen LogP) is 3.74. The summed E-state index contributed by atoms with van der Waals surface area (Å²) in [5.41, 5.74) is 3.46. The van der Waals surface area contributed by atoms with Gasteiger partial charge in [0.2, 0.25) is 0 Å². The Balaban J connectivity index is 1.54. The molecule has 0 spiro atoms. The molecule has 3 heterocycles. The molecule has 4 rings (SSSR count). The Morgan fingerprint density at radius 3 is 2.88 bits per heavy atom. The number of thiocarbonyl (C=S) groups is 1. The van der Waals surface area contributed by atoms with Crippen molar-refractivity contribution in [2.75, 3.05) is 18.4 Å². The molecule has 1 aromatic heterocycles. The van der Waals surface area contributed by atoms with E-state index in [-0.39, 0.29) is 5.56 Å². The van der Waals surface area contributed by atoms with Crippen molar-refractivity contribution < 1.29 is 0 Å². The molecule has 25 heavy (non-hydrogen) atoms. The van der Waals surface area contributed by atoms with Gasteiger partial charge in [0.15, 0.2) is 5.11 Å². The number of rotatable bonds is 1. The third-order valence-electron chi connectivity index (χ3n) is 5.13. The summed E-state index contributed by atoms with van der Waals surface area (Å²) in [6, 6.07) is 11.8. The normalized spacial score (nSPS) is 21.6. The summed E-state index contributed by atoms with van der Waals surface area (Å²) in [5.74, 6) is 0.829. The monoisotopic (exact) mass is 417 g/mol.